The van der Waals surface area contributed by atoms with Crippen molar-refractivity contribution in [2.75, 3.05) is 7.11 Å². The van der Waals surface area contributed by atoms with Crippen molar-refractivity contribution in [1.82, 2.24) is 0 Å². The second-order valence-electron chi connectivity index (χ2n) is 5.02. The first kappa shape index (κ1) is 17.9. The quantitative estimate of drug-likeness (QED) is 0.199. The Labute approximate surface area is 143 Å². The first-order chi connectivity index (χ1) is 11.9. The number of esters is 1. The van der Waals surface area contributed by atoms with E-state index in [1.165, 1.54) is 50.4 Å². The summed E-state index contributed by atoms with van der Waals surface area (Å²) in [5, 5.41) is 10.7. The molecule has 0 spiro atoms. The summed E-state index contributed by atoms with van der Waals surface area (Å²) in [6.07, 6.45) is 2.52. The van der Waals surface area contributed by atoms with Crippen molar-refractivity contribution >= 4 is 23.5 Å². The summed E-state index contributed by atoms with van der Waals surface area (Å²) < 4.78 is 10.2. The van der Waals surface area contributed by atoms with Gasteiger partial charge in [-0.15, -0.1) is 0 Å². The first-order valence-corrected chi connectivity index (χ1v) is 7.24. The summed E-state index contributed by atoms with van der Waals surface area (Å²) in [6.45, 7) is 1.36. The molecule has 7 nitrogen and oxygen atoms in total. The van der Waals surface area contributed by atoms with Crippen LogP contribution in [0.5, 0.6) is 11.5 Å². The summed E-state index contributed by atoms with van der Waals surface area (Å²) >= 11 is 0. The molecule has 0 aliphatic rings. The van der Waals surface area contributed by atoms with E-state index in [0.29, 0.717) is 11.3 Å². The second-order valence-corrected chi connectivity index (χ2v) is 5.02. The number of carbonyl (C=O) groups is 2. The molecule has 0 saturated carbocycles. The maximum Gasteiger partial charge on any atom is 0.336 e. The maximum absolute atomic E-state index is 12.0. The van der Waals surface area contributed by atoms with Gasteiger partial charge >= 0.3 is 5.97 Å². The molecule has 7 heteroatoms. The lowest BCUT2D eigenvalue weighted by Crippen LogP contribution is -2.07. The number of hydrogen-bond acceptors (Lipinski definition) is 6. The number of nitro benzene ring substituents is 1. The summed E-state index contributed by atoms with van der Waals surface area (Å²) in [7, 11) is 1.45. The molecular formula is C18H15NO6. The predicted molar refractivity (Wildman–Crippen MR) is 90.8 cm³/mol. The van der Waals surface area contributed by atoms with E-state index in [0.717, 1.165) is 6.08 Å². The number of carbonyl (C=O) groups excluding carboxylic acids is 2. The van der Waals surface area contributed by atoms with Gasteiger partial charge in [-0.25, -0.2) is 4.79 Å². The monoisotopic (exact) mass is 341 g/mol. The van der Waals surface area contributed by atoms with Crippen LogP contribution >= 0.6 is 0 Å². The van der Waals surface area contributed by atoms with Gasteiger partial charge in [-0.2, -0.15) is 0 Å². The molecule has 2 aromatic carbocycles. The number of Topliss-reactive ketones (excluding diaryl/α,β-unsaturated/α-hetero) is 1. The fraction of sp³-hybridized carbons (Fsp3) is 0.111. The van der Waals surface area contributed by atoms with Gasteiger partial charge in [0.25, 0.3) is 5.69 Å². The normalized spacial score (nSPS) is 10.5. The standard InChI is InChI=1S/C18H15NO6/c1-12(20)16-8-7-15(24-2)11-17(16)25-18(21)9-6-13-4-3-5-14(10-13)19(22)23/h3-11H,1-2H3/b9-6+. The van der Waals surface area contributed by atoms with Gasteiger partial charge in [0.2, 0.25) is 0 Å². The van der Waals surface area contributed by atoms with Crippen LogP contribution in [0.4, 0.5) is 5.69 Å². The summed E-state index contributed by atoms with van der Waals surface area (Å²) in [5.41, 5.74) is 0.642. The Morgan fingerprint density at radius 2 is 1.92 bits per heavy atom. The van der Waals surface area contributed by atoms with Crippen molar-refractivity contribution in [3.63, 3.8) is 0 Å². The number of methoxy groups -OCH3 is 1. The molecule has 128 valence electrons. The van der Waals surface area contributed by atoms with Crippen LogP contribution in [0, 0.1) is 10.1 Å². The van der Waals surface area contributed by atoms with Crippen LogP contribution in [0.1, 0.15) is 22.8 Å². The van der Waals surface area contributed by atoms with Crippen LogP contribution in [0.3, 0.4) is 0 Å². The Morgan fingerprint density at radius 3 is 2.56 bits per heavy atom. The van der Waals surface area contributed by atoms with Crippen LogP contribution < -0.4 is 9.47 Å². The third-order valence-electron chi connectivity index (χ3n) is 3.27. The summed E-state index contributed by atoms with van der Waals surface area (Å²) in [5.74, 6) is -0.452. The van der Waals surface area contributed by atoms with Gasteiger partial charge < -0.3 is 9.47 Å². The third kappa shape index (κ3) is 4.74. The van der Waals surface area contributed by atoms with E-state index in [2.05, 4.69) is 0 Å². The zero-order chi connectivity index (χ0) is 18.4. The number of ketones is 1. The minimum absolute atomic E-state index is 0.0813. The predicted octanol–water partition coefficient (Wildman–Crippen LogP) is 3.42. The van der Waals surface area contributed by atoms with E-state index in [-0.39, 0.29) is 22.8 Å². The smallest absolute Gasteiger partial charge is 0.336 e. The van der Waals surface area contributed by atoms with E-state index in [9.17, 15) is 19.7 Å². The third-order valence-corrected chi connectivity index (χ3v) is 3.27. The van der Waals surface area contributed by atoms with E-state index in [1.54, 1.807) is 12.1 Å². The molecule has 0 unspecified atom stereocenters. The Hall–Kier alpha value is -3.48. The zero-order valence-corrected chi connectivity index (χ0v) is 13.6. The Balaban J connectivity index is 2.18. The Morgan fingerprint density at radius 1 is 1.16 bits per heavy atom. The number of rotatable bonds is 6. The number of ether oxygens (including phenoxy) is 2. The molecule has 0 heterocycles. The van der Waals surface area contributed by atoms with Gasteiger partial charge in [-0.05, 0) is 30.7 Å². The van der Waals surface area contributed by atoms with Gasteiger partial charge in [-0.1, -0.05) is 12.1 Å². The van der Waals surface area contributed by atoms with Crippen molar-refractivity contribution in [3.8, 4) is 11.5 Å². The molecule has 0 aliphatic heterocycles. The maximum atomic E-state index is 12.0. The van der Waals surface area contributed by atoms with Gasteiger partial charge in [0.15, 0.2) is 5.78 Å². The van der Waals surface area contributed by atoms with E-state index >= 15 is 0 Å². The van der Waals surface area contributed by atoms with Gasteiger partial charge in [0, 0.05) is 24.3 Å². The SMILES string of the molecule is COc1ccc(C(C)=O)c(OC(=O)/C=C/c2cccc([N+](=O)[O-])c2)c1. The molecule has 0 N–H and O–H groups in total. The molecule has 0 bridgehead atoms. The van der Waals surface area contributed by atoms with Crippen molar-refractivity contribution in [3.05, 3.63) is 69.8 Å². The summed E-state index contributed by atoms with van der Waals surface area (Å²) in [6, 6.07) is 10.3. The van der Waals surface area contributed by atoms with Gasteiger partial charge in [-0.3, -0.25) is 14.9 Å². The van der Waals surface area contributed by atoms with Crippen LogP contribution in [-0.2, 0) is 4.79 Å². The fourth-order valence-corrected chi connectivity index (χ4v) is 2.05. The molecule has 2 aromatic rings. The van der Waals surface area contributed by atoms with E-state index in [4.69, 9.17) is 9.47 Å². The highest BCUT2D eigenvalue weighted by atomic mass is 16.6. The van der Waals surface area contributed by atoms with Gasteiger partial charge in [0.05, 0.1) is 17.6 Å². The minimum Gasteiger partial charge on any atom is -0.497 e. The lowest BCUT2D eigenvalue weighted by Gasteiger charge is -2.08. The lowest BCUT2D eigenvalue weighted by molar-refractivity contribution is -0.384. The molecule has 2 rings (SSSR count). The van der Waals surface area contributed by atoms with Crippen LogP contribution in [0.25, 0.3) is 6.08 Å². The Kier molecular flexibility index (Phi) is 5.62. The van der Waals surface area contributed by atoms with Crippen molar-refractivity contribution in [1.29, 1.82) is 0 Å². The first-order valence-electron chi connectivity index (χ1n) is 7.24. The number of hydrogen-bond donors (Lipinski definition) is 0. The molecular weight excluding hydrogens is 326 g/mol. The molecule has 0 aliphatic carbocycles. The number of benzene rings is 2. The number of nitro groups is 1. The average molecular weight is 341 g/mol. The molecule has 0 aromatic heterocycles. The molecule has 0 atom stereocenters. The average Bonchev–Trinajstić information content (AvgIpc) is 2.59. The van der Waals surface area contributed by atoms with Gasteiger partial charge in [0.1, 0.15) is 11.5 Å². The molecule has 0 saturated heterocycles. The minimum atomic E-state index is -0.720. The number of non-ortho nitro benzene ring substituents is 1. The Bertz CT molecular complexity index is 856. The molecule has 0 radical (unpaired) electrons. The highest BCUT2D eigenvalue weighted by Gasteiger charge is 2.13. The second kappa shape index (κ2) is 7.87. The topological polar surface area (TPSA) is 95.7 Å². The van der Waals surface area contributed by atoms with Crippen molar-refractivity contribution in [2.24, 2.45) is 0 Å². The van der Waals surface area contributed by atoms with Crippen LogP contribution in [0.15, 0.2) is 48.5 Å². The largest absolute Gasteiger partial charge is 0.497 e. The number of nitrogens with zero attached hydrogens (tertiary/aromatic N) is 1. The highest BCUT2D eigenvalue weighted by molar-refractivity contribution is 5.98. The van der Waals surface area contributed by atoms with Crippen LogP contribution in [0.2, 0.25) is 0 Å². The fourth-order valence-electron chi connectivity index (χ4n) is 2.05. The van der Waals surface area contributed by atoms with E-state index in [1.807, 2.05) is 0 Å². The zero-order valence-electron chi connectivity index (χ0n) is 13.6. The van der Waals surface area contributed by atoms with Crippen LogP contribution in [-0.4, -0.2) is 23.8 Å². The van der Waals surface area contributed by atoms with Crippen molar-refractivity contribution < 1.29 is 24.0 Å². The van der Waals surface area contributed by atoms with Crippen molar-refractivity contribution in [2.45, 2.75) is 6.92 Å². The molecule has 25 heavy (non-hydrogen) atoms. The highest BCUT2D eigenvalue weighted by Crippen LogP contribution is 2.25. The summed E-state index contributed by atoms with van der Waals surface area (Å²) in [4.78, 5) is 33.8. The molecule has 0 amide bonds. The van der Waals surface area contributed by atoms with E-state index < -0.39 is 10.9 Å². The lowest BCUT2D eigenvalue weighted by atomic mass is 10.1. The molecule has 0 fully saturated rings.